The molecule has 4 aromatic rings. The Morgan fingerprint density at radius 2 is 1.89 bits per heavy atom. The van der Waals surface area contributed by atoms with Gasteiger partial charge in [-0.15, -0.1) is 0 Å². The second-order valence-electron chi connectivity index (χ2n) is 6.06. The van der Waals surface area contributed by atoms with Crippen LogP contribution in [0.25, 0.3) is 10.9 Å². The summed E-state index contributed by atoms with van der Waals surface area (Å²) in [6, 6.07) is 13.4. The molecule has 0 unspecified atom stereocenters. The molecule has 0 spiro atoms. The molecule has 3 N–H and O–H groups in total. The summed E-state index contributed by atoms with van der Waals surface area (Å²) in [5.41, 5.74) is 2.74. The molecule has 27 heavy (non-hydrogen) atoms. The second kappa shape index (κ2) is 7.41. The zero-order valence-electron chi connectivity index (χ0n) is 14.3. The van der Waals surface area contributed by atoms with Crippen molar-refractivity contribution in [3.63, 3.8) is 0 Å². The SMILES string of the molecule is Fc1ccc(Nc2ccnc(NCCc3c[nH]c4ccccc34)n2)cc1F. The number of H-pyrrole nitrogens is 1. The highest BCUT2D eigenvalue weighted by molar-refractivity contribution is 5.83. The van der Waals surface area contributed by atoms with Crippen LogP contribution in [0.2, 0.25) is 0 Å². The number of hydrogen-bond acceptors (Lipinski definition) is 4. The fraction of sp³-hybridized carbons (Fsp3) is 0.100. The maximum atomic E-state index is 13.3. The van der Waals surface area contributed by atoms with E-state index in [0.29, 0.717) is 24.0 Å². The Morgan fingerprint density at radius 1 is 1.00 bits per heavy atom. The minimum atomic E-state index is -0.911. The number of nitrogens with one attached hydrogen (secondary N) is 3. The van der Waals surface area contributed by atoms with Crippen LogP contribution in [0.4, 0.5) is 26.2 Å². The Hall–Kier alpha value is -3.48. The van der Waals surface area contributed by atoms with E-state index in [9.17, 15) is 8.78 Å². The summed E-state index contributed by atoms with van der Waals surface area (Å²) in [7, 11) is 0. The zero-order chi connectivity index (χ0) is 18.6. The molecule has 0 saturated heterocycles. The molecule has 4 rings (SSSR count). The van der Waals surface area contributed by atoms with Crippen molar-refractivity contribution in [3.8, 4) is 0 Å². The summed E-state index contributed by atoms with van der Waals surface area (Å²) in [6.45, 7) is 0.663. The van der Waals surface area contributed by atoms with E-state index in [-0.39, 0.29) is 0 Å². The number of benzene rings is 2. The summed E-state index contributed by atoms with van der Waals surface area (Å²) in [5.74, 6) is -0.845. The van der Waals surface area contributed by atoms with Crippen LogP contribution in [0.3, 0.4) is 0 Å². The quantitative estimate of drug-likeness (QED) is 0.466. The van der Waals surface area contributed by atoms with Gasteiger partial charge in [0.2, 0.25) is 5.95 Å². The van der Waals surface area contributed by atoms with Gasteiger partial charge in [-0.1, -0.05) is 18.2 Å². The fourth-order valence-electron chi connectivity index (χ4n) is 2.88. The van der Waals surface area contributed by atoms with E-state index < -0.39 is 11.6 Å². The molecule has 0 fully saturated rings. The highest BCUT2D eigenvalue weighted by atomic mass is 19.2. The minimum Gasteiger partial charge on any atom is -0.361 e. The normalized spacial score (nSPS) is 10.9. The molecule has 5 nitrogen and oxygen atoms in total. The highest BCUT2D eigenvalue weighted by Gasteiger charge is 2.06. The van der Waals surface area contributed by atoms with Crippen LogP contribution in [-0.4, -0.2) is 21.5 Å². The Bertz CT molecular complexity index is 1080. The smallest absolute Gasteiger partial charge is 0.224 e. The monoisotopic (exact) mass is 365 g/mol. The molecular formula is C20H17F2N5. The van der Waals surface area contributed by atoms with Crippen LogP contribution < -0.4 is 10.6 Å². The first-order valence-corrected chi connectivity index (χ1v) is 8.53. The number of rotatable bonds is 6. The zero-order valence-corrected chi connectivity index (χ0v) is 14.3. The Labute approximate surface area is 154 Å². The van der Waals surface area contributed by atoms with Gasteiger partial charge in [0.1, 0.15) is 5.82 Å². The molecule has 136 valence electrons. The van der Waals surface area contributed by atoms with Crippen molar-refractivity contribution in [1.29, 1.82) is 0 Å². The molecule has 2 aromatic carbocycles. The fourth-order valence-corrected chi connectivity index (χ4v) is 2.88. The van der Waals surface area contributed by atoms with E-state index in [1.165, 1.54) is 17.0 Å². The Morgan fingerprint density at radius 3 is 2.78 bits per heavy atom. The lowest BCUT2D eigenvalue weighted by Crippen LogP contribution is -2.08. The average Bonchev–Trinajstić information content (AvgIpc) is 3.09. The minimum absolute atomic E-state index is 0.414. The molecule has 0 aliphatic rings. The molecule has 0 amide bonds. The van der Waals surface area contributed by atoms with Gasteiger partial charge in [-0.2, -0.15) is 4.98 Å². The van der Waals surface area contributed by atoms with Crippen molar-refractivity contribution in [3.05, 3.63) is 78.1 Å². The first-order chi connectivity index (χ1) is 13.2. The van der Waals surface area contributed by atoms with E-state index in [2.05, 4.69) is 31.7 Å². The first-order valence-electron chi connectivity index (χ1n) is 8.53. The molecule has 0 saturated carbocycles. The second-order valence-corrected chi connectivity index (χ2v) is 6.06. The maximum absolute atomic E-state index is 13.3. The lowest BCUT2D eigenvalue weighted by molar-refractivity contribution is 0.509. The molecule has 2 aromatic heterocycles. The van der Waals surface area contributed by atoms with Crippen molar-refractivity contribution >= 4 is 28.4 Å². The standard InChI is InChI=1S/C20H17F2N5/c21-16-6-5-14(11-17(16)22)26-19-8-10-24-20(27-19)23-9-7-13-12-25-18-4-2-1-3-15(13)18/h1-6,8,10-12,25H,7,9H2,(H2,23,24,26,27). The summed E-state index contributed by atoms with van der Waals surface area (Å²) >= 11 is 0. The number of aromatic amines is 1. The predicted octanol–water partition coefficient (Wildman–Crippen LogP) is 4.63. The molecule has 7 heteroatoms. The van der Waals surface area contributed by atoms with Crippen molar-refractivity contribution in [2.24, 2.45) is 0 Å². The van der Waals surface area contributed by atoms with Gasteiger partial charge in [-0.05, 0) is 36.2 Å². The topological polar surface area (TPSA) is 65.6 Å². The van der Waals surface area contributed by atoms with Crippen LogP contribution in [0.15, 0.2) is 60.9 Å². The lowest BCUT2D eigenvalue weighted by Gasteiger charge is -2.08. The van der Waals surface area contributed by atoms with Gasteiger partial charge in [0, 0.05) is 41.6 Å². The molecule has 0 atom stereocenters. The van der Waals surface area contributed by atoms with Gasteiger partial charge in [0.05, 0.1) is 0 Å². The molecule has 0 radical (unpaired) electrons. The summed E-state index contributed by atoms with van der Waals surface area (Å²) in [4.78, 5) is 11.8. The van der Waals surface area contributed by atoms with Crippen LogP contribution in [0.5, 0.6) is 0 Å². The van der Waals surface area contributed by atoms with Crippen molar-refractivity contribution in [2.45, 2.75) is 6.42 Å². The Balaban J connectivity index is 1.39. The number of para-hydroxylation sites is 1. The van der Waals surface area contributed by atoms with Gasteiger partial charge >= 0.3 is 0 Å². The van der Waals surface area contributed by atoms with Gasteiger partial charge in [-0.3, -0.25) is 0 Å². The average molecular weight is 365 g/mol. The van der Waals surface area contributed by atoms with E-state index in [1.807, 2.05) is 24.4 Å². The van der Waals surface area contributed by atoms with Crippen molar-refractivity contribution in [2.75, 3.05) is 17.2 Å². The number of anilines is 3. The van der Waals surface area contributed by atoms with Crippen LogP contribution in [0.1, 0.15) is 5.56 Å². The number of nitrogens with zero attached hydrogens (tertiary/aromatic N) is 2. The van der Waals surface area contributed by atoms with E-state index in [0.717, 1.165) is 24.1 Å². The van der Waals surface area contributed by atoms with Crippen molar-refractivity contribution < 1.29 is 8.78 Å². The summed E-state index contributed by atoms with van der Waals surface area (Å²) in [6.07, 6.45) is 4.42. The third-order valence-electron chi connectivity index (χ3n) is 4.20. The number of aromatic nitrogens is 3. The lowest BCUT2D eigenvalue weighted by atomic mass is 10.1. The third kappa shape index (κ3) is 3.87. The molecule has 0 bridgehead atoms. The molecule has 0 aliphatic heterocycles. The molecular weight excluding hydrogens is 348 g/mol. The van der Waals surface area contributed by atoms with Gasteiger partial charge in [0.25, 0.3) is 0 Å². The largest absolute Gasteiger partial charge is 0.361 e. The highest BCUT2D eigenvalue weighted by Crippen LogP contribution is 2.19. The van der Waals surface area contributed by atoms with Crippen LogP contribution >= 0.6 is 0 Å². The number of fused-ring (bicyclic) bond motifs is 1. The summed E-state index contributed by atoms with van der Waals surface area (Å²) < 4.78 is 26.3. The van der Waals surface area contributed by atoms with Gasteiger partial charge in [0.15, 0.2) is 11.6 Å². The van der Waals surface area contributed by atoms with Gasteiger partial charge < -0.3 is 15.6 Å². The maximum Gasteiger partial charge on any atom is 0.224 e. The third-order valence-corrected chi connectivity index (χ3v) is 4.20. The first kappa shape index (κ1) is 17.0. The van der Waals surface area contributed by atoms with E-state index in [1.54, 1.807) is 12.3 Å². The Kier molecular flexibility index (Phi) is 4.65. The van der Waals surface area contributed by atoms with Crippen molar-refractivity contribution in [1.82, 2.24) is 15.0 Å². The molecule has 0 aliphatic carbocycles. The van der Waals surface area contributed by atoms with Crippen LogP contribution in [-0.2, 0) is 6.42 Å². The summed E-state index contributed by atoms with van der Waals surface area (Å²) in [5, 5.41) is 7.32. The number of hydrogen-bond donors (Lipinski definition) is 3. The van der Waals surface area contributed by atoms with Gasteiger partial charge in [-0.25, -0.2) is 13.8 Å². The van der Waals surface area contributed by atoms with E-state index in [4.69, 9.17) is 0 Å². The van der Waals surface area contributed by atoms with Crippen LogP contribution in [0, 0.1) is 11.6 Å². The van der Waals surface area contributed by atoms with E-state index >= 15 is 0 Å². The predicted molar refractivity (Wildman–Crippen MR) is 102 cm³/mol. The number of halogens is 2. The molecule has 2 heterocycles.